The molecule has 2 rings (SSSR count). The second-order valence-corrected chi connectivity index (χ2v) is 5.42. The number of alkyl halides is 5. The Morgan fingerprint density at radius 1 is 0.909 bits per heavy atom. The van der Waals surface area contributed by atoms with Crippen LogP contribution in [0.3, 0.4) is 0 Å². The van der Waals surface area contributed by atoms with E-state index >= 15 is 0 Å². The molecule has 1 heterocycles. The summed E-state index contributed by atoms with van der Waals surface area (Å²) in [6, 6.07) is 7.97. The van der Waals surface area contributed by atoms with Crippen LogP contribution in [0, 0.1) is 0 Å². The van der Waals surface area contributed by atoms with Crippen LogP contribution in [0.5, 0.6) is 0 Å². The van der Waals surface area contributed by atoms with Crippen molar-refractivity contribution in [3.63, 3.8) is 0 Å². The fourth-order valence-corrected chi connectivity index (χ4v) is 2.23. The molecule has 0 radical (unpaired) electrons. The fourth-order valence-electron chi connectivity index (χ4n) is 1.96. The van der Waals surface area contributed by atoms with E-state index in [1.165, 1.54) is 24.3 Å². The second kappa shape index (κ2) is 5.58. The van der Waals surface area contributed by atoms with Gasteiger partial charge < -0.3 is 5.11 Å². The minimum Gasteiger partial charge on any atom is -0.373 e. The van der Waals surface area contributed by atoms with Gasteiger partial charge in [0, 0.05) is 10.7 Å². The first-order valence-corrected chi connectivity index (χ1v) is 6.74. The fraction of sp³-hybridized carbons (Fsp3) is 0.214. The van der Waals surface area contributed by atoms with Crippen molar-refractivity contribution in [1.29, 1.82) is 0 Å². The monoisotopic (exact) mass is 381 g/mol. The van der Waals surface area contributed by atoms with E-state index in [1.54, 1.807) is 0 Å². The molecule has 0 amide bonds. The smallest absolute Gasteiger partial charge is 0.373 e. The number of aromatic nitrogens is 1. The van der Waals surface area contributed by atoms with Crippen molar-refractivity contribution < 1.29 is 27.1 Å². The van der Waals surface area contributed by atoms with Crippen molar-refractivity contribution in [2.45, 2.75) is 17.7 Å². The highest BCUT2D eigenvalue weighted by Crippen LogP contribution is 2.51. The van der Waals surface area contributed by atoms with E-state index in [2.05, 4.69) is 20.9 Å². The molecular formula is C14H9BrF5NO. The molecule has 8 heteroatoms. The molecule has 0 aliphatic carbocycles. The zero-order valence-electron chi connectivity index (χ0n) is 10.8. The maximum atomic E-state index is 14.0. The summed E-state index contributed by atoms with van der Waals surface area (Å²) in [5.74, 6) is -5.43. The maximum Gasteiger partial charge on any atom is 0.457 e. The Balaban J connectivity index is 2.73. The van der Waals surface area contributed by atoms with Crippen molar-refractivity contribution in [1.82, 2.24) is 4.98 Å². The summed E-state index contributed by atoms with van der Waals surface area (Å²) in [5, 5.41) is 10.4. The van der Waals surface area contributed by atoms with Gasteiger partial charge in [0.1, 0.15) is 0 Å². The molecule has 0 saturated carbocycles. The number of hydrogen-bond donors (Lipinski definition) is 1. The van der Waals surface area contributed by atoms with Crippen molar-refractivity contribution in [3.05, 3.63) is 64.4 Å². The number of rotatable bonds is 3. The molecule has 0 saturated heterocycles. The van der Waals surface area contributed by atoms with Gasteiger partial charge in [-0.3, -0.25) is 4.98 Å². The molecular weight excluding hydrogens is 373 g/mol. The van der Waals surface area contributed by atoms with Crippen LogP contribution in [0.15, 0.2) is 53.1 Å². The Bertz CT molecular complexity index is 645. The molecule has 0 aliphatic heterocycles. The van der Waals surface area contributed by atoms with Gasteiger partial charge in [-0.1, -0.05) is 34.1 Å². The molecule has 0 bridgehead atoms. The number of nitrogens with zero attached hydrogens (tertiary/aromatic N) is 1. The van der Waals surface area contributed by atoms with Gasteiger partial charge in [0.05, 0.1) is 5.69 Å². The molecule has 118 valence electrons. The topological polar surface area (TPSA) is 33.1 Å². The first kappa shape index (κ1) is 16.8. The lowest BCUT2D eigenvalue weighted by Crippen LogP contribution is -2.56. The number of benzene rings is 1. The van der Waals surface area contributed by atoms with Crippen LogP contribution in [-0.2, 0) is 5.60 Å². The maximum absolute atomic E-state index is 14.0. The molecule has 1 N–H and O–H groups in total. The van der Waals surface area contributed by atoms with Gasteiger partial charge >= 0.3 is 12.1 Å². The van der Waals surface area contributed by atoms with Gasteiger partial charge in [-0.2, -0.15) is 22.0 Å². The quantitative estimate of drug-likeness (QED) is 0.805. The van der Waals surface area contributed by atoms with E-state index in [4.69, 9.17) is 0 Å². The van der Waals surface area contributed by atoms with Gasteiger partial charge in [-0.05, 0) is 29.8 Å². The number of hydrogen-bond acceptors (Lipinski definition) is 2. The van der Waals surface area contributed by atoms with Crippen LogP contribution < -0.4 is 0 Å². The molecule has 0 fully saturated rings. The predicted molar refractivity (Wildman–Crippen MR) is 72.4 cm³/mol. The Morgan fingerprint density at radius 3 is 1.95 bits per heavy atom. The average Bonchev–Trinajstić information content (AvgIpc) is 2.46. The van der Waals surface area contributed by atoms with Crippen LogP contribution in [0.2, 0.25) is 0 Å². The van der Waals surface area contributed by atoms with E-state index in [0.29, 0.717) is 4.47 Å². The molecule has 1 unspecified atom stereocenters. The zero-order valence-corrected chi connectivity index (χ0v) is 12.4. The molecule has 2 aromatic rings. The minimum atomic E-state index is -5.95. The standard InChI is InChI=1S/C14H9BrF5NO/c15-10-6-4-9(5-7-10)12(22,11-3-1-2-8-21-11)13(16,17)14(18,19)20/h1-8,22H. The summed E-state index contributed by atoms with van der Waals surface area (Å²) in [5.41, 5.74) is -5.04. The van der Waals surface area contributed by atoms with Crippen molar-refractivity contribution in [2.24, 2.45) is 0 Å². The summed E-state index contributed by atoms with van der Waals surface area (Å²) in [4.78, 5) is 3.49. The van der Waals surface area contributed by atoms with E-state index in [9.17, 15) is 27.1 Å². The van der Waals surface area contributed by atoms with Gasteiger partial charge in [-0.15, -0.1) is 0 Å². The molecule has 2 nitrogen and oxygen atoms in total. The molecule has 0 spiro atoms. The van der Waals surface area contributed by atoms with Crippen molar-refractivity contribution >= 4 is 15.9 Å². The summed E-state index contributed by atoms with van der Waals surface area (Å²) < 4.78 is 67.0. The van der Waals surface area contributed by atoms with Crippen molar-refractivity contribution in [2.75, 3.05) is 0 Å². The predicted octanol–water partition coefficient (Wildman–Crippen LogP) is 4.28. The second-order valence-electron chi connectivity index (χ2n) is 4.50. The Hall–Kier alpha value is -1.54. The third-order valence-corrected chi connectivity index (χ3v) is 3.64. The van der Waals surface area contributed by atoms with Gasteiger partial charge in [0.2, 0.25) is 5.60 Å². The largest absolute Gasteiger partial charge is 0.457 e. The third kappa shape index (κ3) is 2.61. The lowest BCUT2D eigenvalue weighted by Gasteiger charge is -2.36. The summed E-state index contributed by atoms with van der Waals surface area (Å²) in [7, 11) is 0. The van der Waals surface area contributed by atoms with E-state index in [-0.39, 0.29) is 0 Å². The average molecular weight is 382 g/mol. The Morgan fingerprint density at radius 2 is 1.50 bits per heavy atom. The minimum absolute atomic E-state index is 0.468. The number of halogens is 6. The lowest BCUT2D eigenvalue weighted by atomic mass is 9.83. The Labute approximate surface area is 130 Å². The SMILES string of the molecule is OC(c1ccc(Br)cc1)(c1ccccn1)C(F)(F)C(F)(F)F. The summed E-state index contributed by atoms with van der Waals surface area (Å²) >= 11 is 3.05. The number of aliphatic hydroxyl groups is 1. The lowest BCUT2D eigenvalue weighted by molar-refractivity contribution is -0.337. The zero-order chi connectivity index (χ0) is 16.6. The van der Waals surface area contributed by atoms with Gasteiger partial charge in [-0.25, -0.2) is 0 Å². The van der Waals surface area contributed by atoms with Gasteiger partial charge in [0.15, 0.2) is 0 Å². The molecule has 1 aromatic carbocycles. The van der Waals surface area contributed by atoms with E-state index in [1.807, 2.05) is 0 Å². The first-order valence-electron chi connectivity index (χ1n) is 5.95. The Kier molecular flexibility index (Phi) is 4.27. The molecule has 0 aliphatic rings. The summed E-state index contributed by atoms with van der Waals surface area (Å²) in [6.45, 7) is 0. The first-order chi connectivity index (χ1) is 10.1. The van der Waals surface area contributed by atoms with Crippen LogP contribution in [0.25, 0.3) is 0 Å². The van der Waals surface area contributed by atoms with Gasteiger partial charge in [0.25, 0.3) is 0 Å². The summed E-state index contributed by atoms with van der Waals surface area (Å²) in [6.07, 6.45) is -4.92. The van der Waals surface area contributed by atoms with E-state index < -0.39 is 29.0 Å². The van der Waals surface area contributed by atoms with Crippen LogP contribution in [0.4, 0.5) is 22.0 Å². The highest BCUT2D eigenvalue weighted by atomic mass is 79.9. The van der Waals surface area contributed by atoms with Crippen LogP contribution in [0.1, 0.15) is 11.3 Å². The van der Waals surface area contributed by atoms with Crippen LogP contribution in [-0.4, -0.2) is 22.2 Å². The van der Waals surface area contributed by atoms with Crippen LogP contribution >= 0.6 is 15.9 Å². The highest BCUT2D eigenvalue weighted by molar-refractivity contribution is 9.10. The highest BCUT2D eigenvalue weighted by Gasteiger charge is 2.71. The molecule has 1 aromatic heterocycles. The normalized spacial score (nSPS) is 15.4. The third-order valence-electron chi connectivity index (χ3n) is 3.11. The molecule has 1 atom stereocenters. The van der Waals surface area contributed by atoms with E-state index in [0.717, 1.165) is 24.4 Å². The molecule has 22 heavy (non-hydrogen) atoms. The number of pyridine rings is 1. The van der Waals surface area contributed by atoms with Crippen molar-refractivity contribution in [3.8, 4) is 0 Å².